The van der Waals surface area contributed by atoms with Crippen LogP contribution in [0.15, 0.2) is 12.1 Å². The van der Waals surface area contributed by atoms with Crippen molar-refractivity contribution in [2.24, 2.45) is 0 Å². The largest absolute Gasteiger partial charge is 0.507 e. The lowest BCUT2D eigenvalue weighted by Crippen LogP contribution is -2.63. The number of alkyl halides is 9. The summed E-state index contributed by atoms with van der Waals surface area (Å²) in [6, 6.07) is 1.13. The number of hydrogen-bond donors (Lipinski definition) is 1. The van der Waals surface area contributed by atoms with E-state index < -0.39 is 44.9 Å². The summed E-state index contributed by atoms with van der Waals surface area (Å²) in [5.41, 5.74) is -0.350. The van der Waals surface area contributed by atoms with Crippen LogP contribution < -0.4 is 4.18 Å². The summed E-state index contributed by atoms with van der Waals surface area (Å²) in [5.74, 6) is -16.3. The van der Waals surface area contributed by atoms with Gasteiger partial charge >= 0.3 is 33.4 Å². The molecule has 4 nitrogen and oxygen atoms in total. The maximum Gasteiger partial charge on any atom is 0.460 e. The van der Waals surface area contributed by atoms with Crippen LogP contribution in [0, 0.1) is 13.8 Å². The molecule has 0 aliphatic heterocycles. The highest BCUT2D eigenvalue weighted by Gasteiger charge is 2.86. The first-order valence-corrected chi connectivity index (χ1v) is 7.65. The van der Waals surface area contributed by atoms with Crippen LogP contribution in [0.3, 0.4) is 0 Å². The number of halogens is 9. The second kappa shape index (κ2) is 6.09. The molecule has 1 N–H and O–H groups in total. The average molecular weight is 420 g/mol. The van der Waals surface area contributed by atoms with Gasteiger partial charge in [-0.2, -0.15) is 47.9 Å². The predicted octanol–water partition coefficient (Wildman–Crippen LogP) is 4.14. The molecule has 0 heterocycles. The maximum absolute atomic E-state index is 13.5. The van der Waals surface area contributed by atoms with Crippen LogP contribution in [-0.2, 0) is 10.1 Å². The van der Waals surface area contributed by atoms with Crippen molar-refractivity contribution in [3.63, 3.8) is 0 Å². The molecule has 0 radical (unpaired) electrons. The van der Waals surface area contributed by atoms with Crippen LogP contribution in [0.2, 0.25) is 0 Å². The van der Waals surface area contributed by atoms with Crippen molar-refractivity contribution in [2.75, 3.05) is 0 Å². The van der Waals surface area contributed by atoms with Crippen molar-refractivity contribution in [2.45, 2.75) is 37.1 Å². The fraction of sp³-hybridized carbons (Fsp3) is 0.500. The Morgan fingerprint density at radius 2 is 1.23 bits per heavy atom. The number of phenols is 1. The summed E-state index contributed by atoms with van der Waals surface area (Å²) in [6.07, 6.45) is -7.17. The first-order chi connectivity index (χ1) is 11.3. The normalized spacial score (nSPS) is 14.4. The van der Waals surface area contributed by atoms with Gasteiger partial charge in [0.05, 0.1) is 0 Å². The predicted molar refractivity (Wildman–Crippen MR) is 68.0 cm³/mol. The molecule has 14 heteroatoms. The van der Waals surface area contributed by atoms with Gasteiger partial charge in [0, 0.05) is 0 Å². The van der Waals surface area contributed by atoms with Gasteiger partial charge in [0.1, 0.15) is 11.5 Å². The van der Waals surface area contributed by atoms with Crippen molar-refractivity contribution < 1.29 is 57.2 Å². The SMILES string of the molecule is Cc1cc(OS(=O)(=O)C(F)(F)C(F)(F)C(F)(F)C(F)(F)F)cc(C)c1O. The molecule has 0 aromatic heterocycles. The van der Waals surface area contributed by atoms with Crippen molar-refractivity contribution in [3.8, 4) is 11.5 Å². The Morgan fingerprint density at radius 3 is 1.58 bits per heavy atom. The van der Waals surface area contributed by atoms with Gasteiger partial charge in [-0.05, 0) is 37.1 Å². The molecule has 0 saturated carbocycles. The highest BCUT2D eigenvalue weighted by molar-refractivity contribution is 7.88. The fourth-order valence-electron chi connectivity index (χ4n) is 1.66. The van der Waals surface area contributed by atoms with E-state index >= 15 is 0 Å². The minimum atomic E-state index is -7.38. The van der Waals surface area contributed by atoms with E-state index in [1.807, 2.05) is 0 Å². The quantitative estimate of drug-likeness (QED) is 0.575. The Kier molecular flexibility index (Phi) is 5.20. The molecule has 1 rings (SSSR count). The minimum Gasteiger partial charge on any atom is -0.507 e. The van der Waals surface area contributed by atoms with E-state index in [9.17, 15) is 53.0 Å². The van der Waals surface area contributed by atoms with E-state index in [1.54, 1.807) is 0 Å². The lowest BCUT2D eigenvalue weighted by atomic mass is 10.1. The molecule has 0 atom stereocenters. The smallest absolute Gasteiger partial charge is 0.460 e. The van der Waals surface area contributed by atoms with Crippen molar-refractivity contribution >= 4 is 10.1 Å². The van der Waals surface area contributed by atoms with Gasteiger partial charge in [0.25, 0.3) is 0 Å². The fourth-order valence-corrected chi connectivity index (χ4v) is 2.56. The molecule has 1 aromatic carbocycles. The Labute approximate surface area is 140 Å². The summed E-state index contributed by atoms with van der Waals surface area (Å²) in [6.45, 7) is 2.23. The Hall–Kier alpha value is -1.86. The van der Waals surface area contributed by atoms with Gasteiger partial charge in [-0.1, -0.05) is 0 Å². The Morgan fingerprint density at radius 1 is 0.846 bits per heavy atom. The summed E-state index contributed by atoms with van der Waals surface area (Å²) in [4.78, 5) is 0. The summed E-state index contributed by atoms with van der Waals surface area (Å²) in [7, 11) is -7.01. The van der Waals surface area contributed by atoms with Gasteiger partial charge < -0.3 is 9.29 Å². The van der Waals surface area contributed by atoms with Crippen molar-refractivity contribution in [1.29, 1.82) is 0 Å². The molecule has 0 aliphatic rings. The molecule has 26 heavy (non-hydrogen) atoms. The zero-order valence-electron chi connectivity index (χ0n) is 12.6. The second-order valence-electron chi connectivity index (χ2n) is 5.11. The molecule has 0 unspecified atom stereocenters. The van der Waals surface area contributed by atoms with E-state index in [1.165, 1.54) is 0 Å². The molecular weight excluding hydrogens is 411 g/mol. The highest BCUT2D eigenvalue weighted by atomic mass is 32.2. The number of phenolic OH excluding ortho intramolecular Hbond substituents is 1. The van der Waals surface area contributed by atoms with E-state index in [0.717, 1.165) is 13.8 Å². The monoisotopic (exact) mass is 420 g/mol. The number of aryl methyl sites for hydroxylation is 2. The van der Waals surface area contributed by atoms with Crippen molar-refractivity contribution in [3.05, 3.63) is 23.3 Å². The van der Waals surface area contributed by atoms with Crippen LogP contribution in [0.5, 0.6) is 11.5 Å². The topological polar surface area (TPSA) is 63.6 Å². The number of hydrogen-bond acceptors (Lipinski definition) is 4. The average Bonchev–Trinajstić information content (AvgIpc) is 2.42. The minimum absolute atomic E-state index is 0.175. The zero-order valence-corrected chi connectivity index (χ0v) is 13.5. The van der Waals surface area contributed by atoms with Crippen LogP contribution in [0.4, 0.5) is 39.5 Å². The van der Waals surface area contributed by atoms with E-state index in [4.69, 9.17) is 0 Å². The highest BCUT2D eigenvalue weighted by Crippen LogP contribution is 2.55. The van der Waals surface area contributed by atoms with Crippen LogP contribution >= 0.6 is 0 Å². The van der Waals surface area contributed by atoms with Gasteiger partial charge in [-0.3, -0.25) is 0 Å². The third kappa shape index (κ3) is 3.25. The van der Waals surface area contributed by atoms with Gasteiger partial charge in [0.15, 0.2) is 0 Å². The van der Waals surface area contributed by atoms with Crippen molar-refractivity contribution in [1.82, 2.24) is 0 Å². The van der Waals surface area contributed by atoms with E-state index in [0.29, 0.717) is 12.1 Å². The molecule has 0 aliphatic carbocycles. The lowest BCUT2D eigenvalue weighted by molar-refractivity contribution is -0.382. The Balaban J connectivity index is 3.42. The third-order valence-electron chi connectivity index (χ3n) is 3.10. The molecule has 0 spiro atoms. The molecule has 150 valence electrons. The number of benzene rings is 1. The third-order valence-corrected chi connectivity index (χ3v) is 4.40. The summed E-state index contributed by atoms with van der Waals surface area (Å²) >= 11 is 0. The van der Waals surface area contributed by atoms with Gasteiger partial charge in [0.2, 0.25) is 0 Å². The second-order valence-corrected chi connectivity index (χ2v) is 6.69. The van der Waals surface area contributed by atoms with Gasteiger partial charge in [-0.15, -0.1) is 0 Å². The zero-order chi connectivity index (χ0) is 20.9. The molecule has 0 fully saturated rings. The van der Waals surface area contributed by atoms with E-state index in [2.05, 4.69) is 4.18 Å². The lowest BCUT2D eigenvalue weighted by Gasteiger charge is -2.32. The maximum atomic E-state index is 13.5. The van der Waals surface area contributed by atoms with Crippen LogP contribution in [0.1, 0.15) is 11.1 Å². The van der Waals surface area contributed by atoms with Gasteiger partial charge in [-0.25, -0.2) is 0 Å². The van der Waals surface area contributed by atoms with Crippen LogP contribution in [-0.4, -0.2) is 36.8 Å². The van der Waals surface area contributed by atoms with Crippen LogP contribution in [0.25, 0.3) is 0 Å². The molecule has 0 amide bonds. The number of rotatable bonds is 5. The number of aromatic hydroxyl groups is 1. The van der Waals surface area contributed by atoms with E-state index in [-0.39, 0.29) is 11.1 Å². The molecular formula is C12H9F9O4S. The summed E-state index contributed by atoms with van der Waals surface area (Å²) in [5, 5.41) is 2.47. The first kappa shape index (κ1) is 22.2. The molecule has 1 aromatic rings. The standard InChI is InChI=1S/C12H9F9O4S/c1-5-3-7(4-6(2)8(5)22)25-26(23,24)12(20,21)10(15,16)9(13,14)11(17,18)19/h3-4,22H,1-2H3. The summed E-state index contributed by atoms with van der Waals surface area (Å²) < 4.78 is 141. The molecule has 0 saturated heterocycles. The Bertz CT molecular complexity index is 776. The molecule has 0 bridgehead atoms. The first-order valence-electron chi connectivity index (χ1n) is 6.24.